The normalized spacial score (nSPS) is 18.9. The summed E-state index contributed by atoms with van der Waals surface area (Å²) in [5.41, 5.74) is 0.229. The van der Waals surface area contributed by atoms with Crippen LogP contribution >= 0.6 is 15.9 Å². The second kappa shape index (κ2) is 6.41. The van der Waals surface area contributed by atoms with Crippen molar-refractivity contribution in [2.45, 2.75) is 45.1 Å². The van der Waals surface area contributed by atoms with Gasteiger partial charge in [-0.1, -0.05) is 47.3 Å². The van der Waals surface area contributed by atoms with Crippen molar-refractivity contribution in [1.82, 2.24) is 5.32 Å². The smallest absolute Gasteiger partial charge is 0.240 e. The summed E-state index contributed by atoms with van der Waals surface area (Å²) in [6.07, 6.45) is 4.42. The van der Waals surface area contributed by atoms with E-state index in [4.69, 9.17) is 0 Å². The number of nitrogens with zero attached hydrogens (tertiary/aromatic N) is 1. The van der Waals surface area contributed by atoms with Gasteiger partial charge in [-0.15, -0.1) is 0 Å². The third-order valence-corrected chi connectivity index (χ3v) is 4.60. The molecule has 0 aromatic heterocycles. The maximum Gasteiger partial charge on any atom is 0.240 e. The van der Waals surface area contributed by atoms with E-state index in [0.29, 0.717) is 12.8 Å². The molecule has 1 aliphatic carbocycles. The largest absolute Gasteiger partial charge is 0.348 e. The van der Waals surface area contributed by atoms with Crippen LogP contribution in [0.3, 0.4) is 0 Å². The van der Waals surface area contributed by atoms with Gasteiger partial charge in [0.2, 0.25) is 5.91 Å². The number of hydrogen-bond acceptors (Lipinski definition) is 2. The molecule has 2 rings (SSSR count). The van der Waals surface area contributed by atoms with E-state index in [1.807, 2.05) is 31.2 Å². The molecular weight excluding hydrogens is 316 g/mol. The summed E-state index contributed by atoms with van der Waals surface area (Å²) >= 11 is 3.40. The molecule has 1 aliphatic rings. The lowest BCUT2D eigenvalue weighted by Gasteiger charge is -2.30. The maximum absolute atomic E-state index is 12.5. The monoisotopic (exact) mass is 334 g/mol. The van der Waals surface area contributed by atoms with Crippen LogP contribution in [0.2, 0.25) is 0 Å². The number of carbonyl (C=O) groups is 1. The molecule has 1 atom stereocenters. The summed E-state index contributed by atoms with van der Waals surface area (Å²) in [6, 6.07) is 10.1. The minimum absolute atomic E-state index is 0.0808. The summed E-state index contributed by atoms with van der Waals surface area (Å²) < 4.78 is 1.01. The van der Waals surface area contributed by atoms with Crippen LogP contribution < -0.4 is 5.32 Å². The van der Waals surface area contributed by atoms with Gasteiger partial charge >= 0.3 is 0 Å². The van der Waals surface area contributed by atoms with E-state index in [0.717, 1.165) is 29.3 Å². The number of carbonyl (C=O) groups excluding carboxylic acids is 1. The fraction of sp³-hybridized carbons (Fsp3) is 0.500. The lowest BCUT2D eigenvalue weighted by Crippen LogP contribution is -2.42. The quantitative estimate of drug-likeness (QED) is 0.904. The van der Waals surface area contributed by atoms with Gasteiger partial charge in [-0.2, -0.15) is 5.26 Å². The molecule has 1 aromatic rings. The Hall–Kier alpha value is -1.34. The molecule has 0 aliphatic heterocycles. The van der Waals surface area contributed by atoms with Crippen molar-refractivity contribution in [3.63, 3.8) is 0 Å². The predicted octanol–water partition coefficient (Wildman–Crippen LogP) is 4.10. The Bertz CT molecular complexity index is 512. The van der Waals surface area contributed by atoms with Gasteiger partial charge in [-0.3, -0.25) is 4.79 Å². The number of halogens is 1. The van der Waals surface area contributed by atoms with E-state index < -0.39 is 5.41 Å². The van der Waals surface area contributed by atoms with Crippen LogP contribution in [0, 0.1) is 16.7 Å². The highest BCUT2D eigenvalue weighted by atomic mass is 79.9. The molecule has 1 saturated carbocycles. The van der Waals surface area contributed by atoms with Crippen molar-refractivity contribution >= 4 is 21.8 Å². The summed E-state index contributed by atoms with van der Waals surface area (Å²) in [6.45, 7) is 1.95. The summed E-state index contributed by atoms with van der Waals surface area (Å²) in [5.74, 6) is -0.116. The molecule has 0 bridgehead atoms. The van der Waals surface area contributed by atoms with Gasteiger partial charge in [0.25, 0.3) is 0 Å². The molecule has 1 aromatic carbocycles. The zero-order chi connectivity index (χ0) is 14.6. The lowest BCUT2D eigenvalue weighted by atomic mass is 9.74. The third-order valence-electron chi connectivity index (χ3n) is 4.07. The molecule has 4 heteroatoms. The van der Waals surface area contributed by atoms with Crippen molar-refractivity contribution in [3.8, 4) is 6.07 Å². The number of benzene rings is 1. The molecule has 1 unspecified atom stereocenters. The molecule has 20 heavy (non-hydrogen) atoms. The van der Waals surface area contributed by atoms with Crippen LogP contribution in [-0.2, 0) is 4.79 Å². The van der Waals surface area contributed by atoms with Crippen LogP contribution in [0.1, 0.15) is 50.6 Å². The highest BCUT2D eigenvalue weighted by molar-refractivity contribution is 9.10. The van der Waals surface area contributed by atoms with Crippen molar-refractivity contribution < 1.29 is 4.79 Å². The zero-order valence-corrected chi connectivity index (χ0v) is 13.2. The Labute approximate surface area is 128 Å². The van der Waals surface area contributed by atoms with E-state index in [2.05, 4.69) is 27.3 Å². The average Bonchev–Trinajstić information content (AvgIpc) is 2.48. The van der Waals surface area contributed by atoms with Crippen molar-refractivity contribution in [2.24, 2.45) is 5.41 Å². The van der Waals surface area contributed by atoms with Crippen LogP contribution in [0.4, 0.5) is 0 Å². The van der Waals surface area contributed by atoms with Crippen molar-refractivity contribution in [1.29, 1.82) is 5.26 Å². The third kappa shape index (κ3) is 3.21. The zero-order valence-electron chi connectivity index (χ0n) is 11.7. The molecule has 106 valence electrons. The maximum atomic E-state index is 12.5. The molecule has 0 radical (unpaired) electrons. The highest BCUT2D eigenvalue weighted by Gasteiger charge is 2.40. The molecule has 3 nitrogen and oxygen atoms in total. The molecule has 1 fully saturated rings. The topological polar surface area (TPSA) is 52.9 Å². The van der Waals surface area contributed by atoms with E-state index in [1.165, 1.54) is 0 Å². The number of rotatable bonds is 3. The van der Waals surface area contributed by atoms with Crippen LogP contribution in [0.5, 0.6) is 0 Å². The first-order valence-electron chi connectivity index (χ1n) is 7.05. The minimum Gasteiger partial charge on any atom is -0.348 e. The average molecular weight is 335 g/mol. The van der Waals surface area contributed by atoms with Gasteiger partial charge in [0, 0.05) is 4.47 Å². The van der Waals surface area contributed by atoms with Crippen LogP contribution in [-0.4, -0.2) is 5.91 Å². The van der Waals surface area contributed by atoms with E-state index >= 15 is 0 Å². The number of amides is 1. The first-order valence-corrected chi connectivity index (χ1v) is 7.84. The fourth-order valence-electron chi connectivity index (χ4n) is 2.71. The molecule has 0 saturated heterocycles. The standard InChI is InChI=1S/C16H19BrN2O/c1-12(13-5-7-14(17)8-6-13)19-15(20)16(11-18)9-3-2-4-10-16/h5-8,12H,2-4,9-10H2,1H3,(H,19,20). The first kappa shape index (κ1) is 15.1. The van der Waals surface area contributed by atoms with Gasteiger partial charge in [0.05, 0.1) is 12.1 Å². The van der Waals surface area contributed by atoms with Crippen LogP contribution in [0.15, 0.2) is 28.7 Å². The SMILES string of the molecule is CC(NC(=O)C1(C#N)CCCCC1)c1ccc(Br)cc1. The fourth-order valence-corrected chi connectivity index (χ4v) is 2.98. The Morgan fingerprint density at radius 1 is 1.30 bits per heavy atom. The summed E-state index contributed by atoms with van der Waals surface area (Å²) in [5, 5.41) is 12.4. The number of nitriles is 1. The number of hydrogen-bond donors (Lipinski definition) is 1. The minimum atomic E-state index is -0.818. The van der Waals surface area contributed by atoms with E-state index in [1.54, 1.807) is 0 Å². The molecule has 1 amide bonds. The lowest BCUT2D eigenvalue weighted by molar-refractivity contribution is -0.130. The van der Waals surface area contributed by atoms with E-state index in [-0.39, 0.29) is 11.9 Å². The second-order valence-corrected chi connectivity index (χ2v) is 6.42. The first-order chi connectivity index (χ1) is 9.57. The summed E-state index contributed by atoms with van der Waals surface area (Å²) in [7, 11) is 0. The van der Waals surface area contributed by atoms with Gasteiger partial charge in [-0.25, -0.2) is 0 Å². The Balaban J connectivity index is 2.06. The Morgan fingerprint density at radius 2 is 1.90 bits per heavy atom. The van der Waals surface area contributed by atoms with Crippen LogP contribution in [0.25, 0.3) is 0 Å². The molecule has 1 N–H and O–H groups in total. The van der Waals surface area contributed by atoms with Gasteiger partial charge in [0.1, 0.15) is 5.41 Å². The Morgan fingerprint density at radius 3 is 2.45 bits per heavy atom. The second-order valence-electron chi connectivity index (χ2n) is 5.50. The van der Waals surface area contributed by atoms with Crippen molar-refractivity contribution in [2.75, 3.05) is 0 Å². The predicted molar refractivity (Wildman–Crippen MR) is 81.8 cm³/mol. The highest BCUT2D eigenvalue weighted by Crippen LogP contribution is 2.36. The van der Waals surface area contributed by atoms with E-state index in [9.17, 15) is 10.1 Å². The molecule has 0 spiro atoms. The van der Waals surface area contributed by atoms with Gasteiger partial charge < -0.3 is 5.32 Å². The molecular formula is C16H19BrN2O. The van der Waals surface area contributed by atoms with Gasteiger partial charge in [0.15, 0.2) is 0 Å². The summed E-state index contributed by atoms with van der Waals surface area (Å²) in [4.78, 5) is 12.5. The number of nitrogens with one attached hydrogen (secondary N) is 1. The molecule has 0 heterocycles. The van der Waals surface area contributed by atoms with Crippen molar-refractivity contribution in [3.05, 3.63) is 34.3 Å². The van der Waals surface area contributed by atoms with Gasteiger partial charge in [-0.05, 0) is 37.5 Å². The Kier molecular flexibility index (Phi) is 4.82.